The van der Waals surface area contributed by atoms with Crippen molar-refractivity contribution in [2.24, 2.45) is 0 Å². The summed E-state index contributed by atoms with van der Waals surface area (Å²) in [5.41, 5.74) is 0.767. The van der Waals surface area contributed by atoms with E-state index < -0.39 is 11.9 Å². The third-order valence-electron chi connectivity index (χ3n) is 3.90. The maximum atomic E-state index is 12.3. The minimum atomic E-state index is -0.593. The molecule has 6 nitrogen and oxygen atoms in total. The third-order valence-corrected chi connectivity index (χ3v) is 3.90. The summed E-state index contributed by atoms with van der Waals surface area (Å²) in [4.78, 5) is 17.3. The molecule has 2 aromatic carbocycles. The SMILES string of the molecule is COc1ccc2cc(C(C)C(=O)On3c(O)ccc3O)ccc2c1. The largest absolute Gasteiger partial charge is 0.497 e. The van der Waals surface area contributed by atoms with E-state index in [9.17, 15) is 15.0 Å². The lowest BCUT2D eigenvalue weighted by atomic mass is 9.98. The number of nitrogens with zero attached hydrogens (tertiary/aromatic N) is 1. The number of aromatic nitrogens is 1. The Labute approximate surface area is 138 Å². The molecule has 0 radical (unpaired) electrons. The molecule has 1 heterocycles. The Bertz CT molecular complexity index is 880. The summed E-state index contributed by atoms with van der Waals surface area (Å²) in [6, 6.07) is 13.8. The Morgan fingerprint density at radius 1 is 1.00 bits per heavy atom. The molecule has 3 rings (SSSR count). The number of hydrogen-bond donors (Lipinski definition) is 2. The van der Waals surface area contributed by atoms with E-state index in [1.165, 1.54) is 12.1 Å². The fourth-order valence-corrected chi connectivity index (χ4v) is 2.44. The highest BCUT2D eigenvalue weighted by Crippen LogP contribution is 2.26. The zero-order valence-corrected chi connectivity index (χ0v) is 13.3. The van der Waals surface area contributed by atoms with Gasteiger partial charge in [0.15, 0.2) is 0 Å². The number of methoxy groups -OCH3 is 1. The second kappa shape index (κ2) is 6.16. The van der Waals surface area contributed by atoms with Gasteiger partial charge in [-0.1, -0.05) is 24.3 Å². The molecule has 24 heavy (non-hydrogen) atoms. The lowest BCUT2D eigenvalue weighted by molar-refractivity contribution is -0.146. The summed E-state index contributed by atoms with van der Waals surface area (Å²) >= 11 is 0. The van der Waals surface area contributed by atoms with Crippen molar-refractivity contribution < 1.29 is 24.6 Å². The number of benzene rings is 2. The van der Waals surface area contributed by atoms with Crippen molar-refractivity contribution in [1.82, 2.24) is 4.73 Å². The molecule has 2 N–H and O–H groups in total. The second-order valence-corrected chi connectivity index (χ2v) is 5.45. The molecular weight excluding hydrogens is 310 g/mol. The van der Waals surface area contributed by atoms with Gasteiger partial charge in [0.25, 0.3) is 0 Å². The maximum absolute atomic E-state index is 12.3. The van der Waals surface area contributed by atoms with E-state index in [4.69, 9.17) is 9.57 Å². The number of carbonyl (C=O) groups is 1. The normalized spacial score (nSPS) is 12.1. The number of ether oxygens (including phenoxy) is 1. The highest BCUT2D eigenvalue weighted by molar-refractivity contribution is 5.86. The van der Waals surface area contributed by atoms with Crippen molar-refractivity contribution in [2.75, 3.05) is 7.11 Å². The summed E-state index contributed by atoms with van der Waals surface area (Å²) in [5.74, 6) is -1.10. The summed E-state index contributed by atoms with van der Waals surface area (Å²) < 4.78 is 5.88. The van der Waals surface area contributed by atoms with Crippen LogP contribution in [0.2, 0.25) is 0 Å². The Morgan fingerprint density at radius 3 is 2.29 bits per heavy atom. The van der Waals surface area contributed by atoms with Crippen LogP contribution in [0.1, 0.15) is 18.4 Å². The molecule has 0 spiro atoms. The topological polar surface area (TPSA) is 80.9 Å². The third kappa shape index (κ3) is 2.86. The molecule has 0 saturated heterocycles. The number of hydrogen-bond acceptors (Lipinski definition) is 5. The van der Waals surface area contributed by atoms with Gasteiger partial charge in [0.05, 0.1) is 13.0 Å². The predicted octanol–water partition coefficient (Wildman–Crippen LogP) is 2.82. The van der Waals surface area contributed by atoms with Crippen LogP contribution < -0.4 is 9.57 Å². The van der Waals surface area contributed by atoms with Crippen LogP contribution in [0.25, 0.3) is 10.8 Å². The first-order chi connectivity index (χ1) is 11.5. The van der Waals surface area contributed by atoms with Crippen molar-refractivity contribution in [3.05, 3.63) is 54.1 Å². The van der Waals surface area contributed by atoms with Crippen molar-refractivity contribution in [3.63, 3.8) is 0 Å². The van der Waals surface area contributed by atoms with Crippen molar-refractivity contribution >= 4 is 16.7 Å². The highest BCUT2D eigenvalue weighted by Gasteiger charge is 2.20. The van der Waals surface area contributed by atoms with E-state index in [2.05, 4.69) is 0 Å². The Morgan fingerprint density at radius 2 is 1.62 bits per heavy atom. The fraction of sp³-hybridized carbons (Fsp3) is 0.167. The summed E-state index contributed by atoms with van der Waals surface area (Å²) in [6.07, 6.45) is 0. The molecule has 0 saturated carbocycles. The van der Waals surface area contributed by atoms with Crippen LogP contribution in [0.15, 0.2) is 48.5 Å². The Hall–Kier alpha value is -3.15. The van der Waals surface area contributed by atoms with E-state index in [0.717, 1.165) is 22.1 Å². The summed E-state index contributed by atoms with van der Waals surface area (Å²) in [5, 5.41) is 21.0. The van der Waals surface area contributed by atoms with Crippen molar-refractivity contribution in [1.29, 1.82) is 0 Å². The average Bonchev–Trinajstić information content (AvgIpc) is 2.92. The molecule has 0 aliphatic carbocycles. The minimum absolute atomic E-state index is 0.348. The number of aromatic hydroxyl groups is 2. The molecule has 1 aromatic heterocycles. The Balaban J connectivity index is 1.85. The van der Waals surface area contributed by atoms with E-state index in [1.807, 2.05) is 36.4 Å². The van der Waals surface area contributed by atoms with Crippen LogP contribution in [0, 0.1) is 0 Å². The number of fused-ring (bicyclic) bond motifs is 1. The van der Waals surface area contributed by atoms with E-state index in [0.29, 0.717) is 4.73 Å². The molecule has 124 valence electrons. The molecule has 3 aromatic rings. The van der Waals surface area contributed by atoms with Crippen LogP contribution in [0.4, 0.5) is 0 Å². The second-order valence-electron chi connectivity index (χ2n) is 5.45. The van der Waals surface area contributed by atoms with Gasteiger partial charge in [0.2, 0.25) is 11.8 Å². The van der Waals surface area contributed by atoms with Gasteiger partial charge in [-0.3, -0.25) is 0 Å². The van der Waals surface area contributed by atoms with Crippen molar-refractivity contribution in [3.8, 4) is 17.5 Å². The first-order valence-electron chi connectivity index (χ1n) is 7.39. The molecule has 6 heteroatoms. The zero-order chi connectivity index (χ0) is 17.3. The van der Waals surface area contributed by atoms with Crippen LogP contribution in [0.5, 0.6) is 17.5 Å². The Kier molecular flexibility index (Phi) is 4.04. The number of rotatable bonds is 4. The van der Waals surface area contributed by atoms with Gasteiger partial charge in [-0.2, -0.15) is 0 Å². The first-order valence-corrected chi connectivity index (χ1v) is 7.39. The highest BCUT2D eigenvalue weighted by atomic mass is 16.7. The molecular formula is C18H17NO5. The van der Waals surface area contributed by atoms with Crippen molar-refractivity contribution in [2.45, 2.75) is 12.8 Å². The van der Waals surface area contributed by atoms with E-state index >= 15 is 0 Å². The van der Waals surface area contributed by atoms with Gasteiger partial charge in [0.1, 0.15) is 5.75 Å². The zero-order valence-electron chi connectivity index (χ0n) is 13.3. The molecule has 0 aliphatic rings. The standard InChI is InChI=1S/C18H17NO5/c1-11(18(22)24-19-16(20)7-8-17(19)21)12-3-4-14-10-15(23-2)6-5-13(14)9-12/h3-11,20-21H,1-2H3. The van der Waals surface area contributed by atoms with Gasteiger partial charge in [-0.05, 0) is 35.4 Å². The minimum Gasteiger partial charge on any atom is -0.497 e. The lowest BCUT2D eigenvalue weighted by Gasteiger charge is -2.13. The van der Waals surface area contributed by atoms with E-state index in [1.54, 1.807) is 14.0 Å². The molecule has 0 fully saturated rings. The number of carbonyl (C=O) groups excluding carboxylic acids is 1. The van der Waals surface area contributed by atoms with Crippen LogP contribution >= 0.6 is 0 Å². The van der Waals surface area contributed by atoms with Gasteiger partial charge < -0.3 is 19.8 Å². The van der Waals surface area contributed by atoms with Crippen LogP contribution in [-0.4, -0.2) is 28.0 Å². The average molecular weight is 327 g/mol. The monoisotopic (exact) mass is 327 g/mol. The smallest absolute Gasteiger partial charge is 0.340 e. The molecule has 1 unspecified atom stereocenters. The molecule has 0 aliphatic heterocycles. The van der Waals surface area contributed by atoms with Gasteiger partial charge in [-0.25, -0.2) is 4.79 Å². The molecule has 1 atom stereocenters. The van der Waals surface area contributed by atoms with Gasteiger partial charge in [0, 0.05) is 12.1 Å². The van der Waals surface area contributed by atoms with Gasteiger partial charge >= 0.3 is 5.97 Å². The fourth-order valence-electron chi connectivity index (χ4n) is 2.44. The van der Waals surface area contributed by atoms with E-state index in [-0.39, 0.29) is 11.8 Å². The quantitative estimate of drug-likeness (QED) is 0.770. The predicted molar refractivity (Wildman–Crippen MR) is 88.3 cm³/mol. The lowest BCUT2D eigenvalue weighted by Crippen LogP contribution is -2.23. The molecule has 0 bridgehead atoms. The first kappa shape index (κ1) is 15.7. The molecule has 0 amide bonds. The maximum Gasteiger partial charge on any atom is 0.340 e. The van der Waals surface area contributed by atoms with Crippen LogP contribution in [0.3, 0.4) is 0 Å². The van der Waals surface area contributed by atoms with Gasteiger partial charge in [-0.15, -0.1) is 4.73 Å². The summed E-state index contributed by atoms with van der Waals surface area (Å²) in [6.45, 7) is 1.70. The van der Waals surface area contributed by atoms with Crippen LogP contribution in [-0.2, 0) is 4.79 Å². The summed E-state index contributed by atoms with van der Waals surface area (Å²) in [7, 11) is 1.61.